The van der Waals surface area contributed by atoms with Crippen molar-refractivity contribution in [1.82, 2.24) is 0 Å². The molecule has 10 heteroatoms. The van der Waals surface area contributed by atoms with Gasteiger partial charge in [-0.1, -0.05) is 65.8 Å². The monoisotopic (exact) mass is 460 g/mol. The van der Waals surface area contributed by atoms with Gasteiger partial charge in [-0.15, -0.1) is 0 Å². The Hall–Kier alpha value is -1.66. The fraction of sp³-hybridized carbons (Fsp3) is 0.400. The molecule has 0 saturated heterocycles. The smallest absolute Gasteiger partial charge is 0.395 e. The molecule has 0 aromatic heterocycles. The first-order chi connectivity index (χ1) is 13.4. The quantitative estimate of drug-likeness (QED) is 0.473. The van der Waals surface area contributed by atoms with Crippen LogP contribution in [0.25, 0.3) is 0 Å². The molecule has 4 N–H and O–H groups in total. The summed E-state index contributed by atoms with van der Waals surface area (Å²) in [5, 5.41) is 0. The van der Waals surface area contributed by atoms with Gasteiger partial charge in [-0.2, -0.15) is 0 Å². The topological polar surface area (TPSA) is 134 Å². The highest BCUT2D eigenvalue weighted by molar-refractivity contribution is 7.48. The van der Waals surface area contributed by atoms with Crippen LogP contribution in [-0.2, 0) is 20.0 Å². The Balaban J connectivity index is 0.000000804. The lowest BCUT2D eigenvalue weighted by atomic mass is 9.87. The highest BCUT2D eigenvalue weighted by Gasteiger charge is 2.26. The van der Waals surface area contributed by atoms with Gasteiger partial charge in [-0.3, -0.25) is 4.89 Å². The second-order valence-electron chi connectivity index (χ2n) is 8.71. The number of hydrogen-bond donors (Lipinski definition) is 4. The molecule has 0 aliphatic carbocycles. The molecule has 0 aliphatic heterocycles. The van der Waals surface area contributed by atoms with Gasteiger partial charge in [-0.05, 0) is 46.2 Å². The van der Waals surface area contributed by atoms with E-state index in [0.717, 1.165) is 11.1 Å². The fourth-order valence-corrected chi connectivity index (χ4v) is 3.13. The number of phosphoric acid groups is 2. The molecule has 0 bridgehead atoms. The second kappa shape index (κ2) is 9.65. The zero-order chi connectivity index (χ0) is 23.4. The molecule has 8 nitrogen and oxygen atoms in total. The molecule has 168 valence electrons. The Morgan fingerprint density at radius 3 is 1.03 bits per heavy atom. The third-order valence-corrected chi connectivity index (χ3v) is 4.77. The summed E-state index contributed by atoms with van der Waals surface area (Å²) in [6.45, 7) is 12.6. The van der Waals surface area contributed by atoms with Crippen LogP contribution in [0.5, 0.6) is 11.5 Å². The summed E-state index contributed by atoms with van der Waals surface area (Å²) in [5.41, 5.74) is 2.25. The average molecular weight is 460 g/mol. The molecule has 0 saturated carbocycles. The highest BCUT2D eigenvalue weighted by Crippen LogP contribution is 2.44. The average Bonchev–Trinajstić information content (AvgIpc) is 2.51. The molecule has 0 radical (unpaired) electrons. The van der Waals surface area contributed by atoms with Crippen molar-refractivity contribution in [3.63, 3.8) is 0 Å². The minimum atomic E-state index is -4.64. The van der Waals surface area contributed by atoms with Crippen LogP contribution in [0.2, 0.25) is 0 Å². The molecular formula is C20H30O8P2. The molecule has 0 fully saturated rings. The minimum absolute atomic E-state index is 0.00669. The molecule has 2 rings (SSSR count). The molecule has 0 atom stereocenters. The van der Waals surface area contributed by atoms with Crippen molar-refractivity contribution in [2.24, 2.45) is 0 Å². The molecule has 2 aromatic carbocycles. The number of phosphoric ester groups is 1. The highest BCUT2D eigenvalue weighted by atomic mass is 31.2. The van der Waals surface area contributed by atoms with E-state index < -0.39 is 15.6 Å². The van der Waals surface area contributed by atoms with E-state index in [1.54, 1.807) is 24.3 Å². The minimum Gasteiger partial charge on any atom is -0.395 e. The van der Waals surface area contributed by atoms with Crippen LogP contribution < -0.4 is 9.05 Å². The lowest BCUT2D eigenvalue weighted by Crippen LogP contribution is -2.10. The summed E-state index contributed by atoms with van der Waals surface area (Å²) in [4.78, 5) is 31.6. The first-order valence-corrected chi connectivity index (χ1v) is 12.1. The van der Waals surface area contributed by atoms with Crippen LogP contribution in [0.4, 0.5) is 0 Å². The number of rotatable bonds is 4. The Labute approximate surface area is 177 Å². The third kappa shape index (κ3) is 10.4. The van der Waals surface area contributed by atoms with E-state index in [1.165, 1.54) is 0 Å². The zero-order valence-electron chi connectivity index (χ0n) is 17.9. The van der Waals surface area contributed by atoms with E-state index in [2.05, 4.69) is 41.5 Å². The molecule has 0 spiro atoms. The van der Waals surface area contributed by atoms with Crippen LogP contribution in [0.15, 0.2) is 48.5 Å². The van der Waals surface area contributed by atoms with Gasteiger partial charge in [0.25, 0.3) is 0 Å². The second-order valence-corrected chi connectivity index (χ2v) is 11.0. The van der Waals surface area contributed by atoms with E-state index in [0.29, 0.717) is 11.5 Å². The molecule has 0 amide bonds. The number of hydrogen-bond acceptors (Lipinski definition) is 4. The SMILES string of the molecule is CC(C)(C)c1ccc(OP(=O)(O)Oc2ccc(C(C)(C)C)cc2)cc1.O=P(O)(O)O. The van der Waals surface area contributed by atoms with E-state index in [9.17, 15) is 9.46 Å². The van der Waals surface area contributed by atoms with Crippen LogP contribution in [0.1, 0.15) is 52.7 Å². The van der Waals surface area contributed by atoms with Gasteiger partial charge in [-0.25, -0.2) is 9.13 Å². The summed E-state index contributed by atoms with van der Waals surface area (Å²) < 4.78 is 31.4. The van der Waals surface area contributed by atoms with Crippen LogP contribution >= 0.6 is 15.6 Å². The van der Waals surface area contributed by atoms with Crippen molar-refractivity contribution in [2.45, 2.75) is 52.4 Å². The summed E-state index contributed by atoms with van der Waals surface area (Å²) >= 11 is 0. The van der Waals surface area contributed by atoms with Crippen molar-refractivity contribution in [2.75, 3.05) is 0 Å². The molecule has 2 aromatic rings. The van der Waals surface area contributed by atoms with Crippen LogP contribution in [-0.4, -0.2) is 19.6 Å². The first-order valence-electron chi connectivity index (χ1n) is 9.08. The van der Waals surface area contributed by atoms with Gasteiger partial charge in [0.05, 0.1) is 0 Å². The van der Waals surface area contributed by atoms with E-state index >= 15 is 0 Å². The van der Waals surface area contributed by atoms with Crippen molar-refractivity contribution in [3.8, 4) is 11.5 Å². The van der Waals surface area contributed by atoms with E-state index in [-0.39, 0.29) is 10.8 Å². The summed E-state index contributed by atoms with van der Waals surface area (Å²) in [7, 11) is -8.89. The summed E-state index contributed by atoms with van der Waals surface area (Å²) in [6.07, 6.45) is 0. The van der Waals surface area contributed by atoms with Gasteiger partial charge in [0.1, 0.15) is 11.5 Å². The zero-order valence-corrected chi connectivity index (χ0v) is 19.7. The summed E-state index contributed by atoms with van der Waals surface area (Å²) in [5.74, 6) is 0.593. The Morgan fingerprint density at radius 1 is 0.600 bits per heavy atom. The van der Waals surface area contributed by atoms with Crippen LogP contribution in [0.3, 0.4) is 0 Å². The lowest BCUT2D eigenvalue weighted by Gasteiger charge is -2.20. The molecular weight excluding hydrogens is 430 g/mol. The van der Waals surface area contributed by atoms with Crippen molar-refractivity contribution in [3.05, 3.63) is 59.7 Å². The normalized spacial score (nSPS) is 12.6. The predicted molar refractivity (Wildman–Crippen MR) is 116 cm³/mol. The third-order valence-electron chi connectivity index (χ3n) is 3.88. The molecule has 0 aliphatic rings. The molecule has 0 unspecified atom stereocenters. The molecule has 0 heterocycles. The Kier molecular flexibility index (Phi) is 8.48. The molecule has 30 heavy (non-hydrogen) atoms. The largest absolute Gasteiger partial charge is 0.584 e. The maximum atomic E-state index is 12.2. The van der Waals surface area contributed by atoms with Gasteiger partial charge in [0.2, 0.25) is 0 Å². The fourth-order valence-electron chi connectivity index (χ4n) is 2.32. The van der Waals surface area contributed by atoms with Crippen LogP contribution in [0, 0.1) is 0 Å². The first kappa shape index (κ1) is 26.4. The van der Waals surface area contributed by atoms with Gasteiger partial charge in [0.15, 0.2) is 0 Å². The van der Waals surface area contributed by atoms with Crippen molar-refractivity contribution < 1.29 is 37.8 Å². The maximum absolute atomic E-state index is 12.2. The lowest BCUT2D eigenvalue weighted by molar-refractivity contribution is 0.275. The van der Waals surface area contributed by atoms with Gasteiger partial charge < -0.3 is 23.7 Å². The summed E-state index contributed by atoms with van der Waals surface area (Å²) in [6, 6.07) is 14.2. The number of benzene rings is 2. The maximum Gasteiger partial charge on any atom is 0.584 e. The standard InChI is InChI=1S/C20H27O4P.H3O4P/c1-19(2,3)15-7-11-17(12-8-15)23-25(21,22)24-18-13-9-16(10-14-18)20(4,5)6;1-5(2,3)4/h7-14H,1-6H3,(H,21,22);(H3,1,2,3,4). The Morgan fingerprint density at radius 2 is 0.833 bits per heavy atom. The van der Waals surface area contributed by atoms with Gasteiger partial charge >= 0.3 is 15.6 Å². The predicted octanol–water partition coefficient (Wildman–Crippen LogP) is 4.91. The van der Waals surface area contributed by atoms with Crippen molar-refractivity contribution in [1.29, 1.82) is 0 Å². The van der Waals surface area contributed by atoms with Gasteiger partial charge in [0, 0.05) is 0 Å². The van der Waals surface area contributed by atoms with E-state index in [4.69, 9.17) is 28.3 Å². The van der Waals surface area contributed by atoms with E-state index in [1.807, 2.05) is 24.3 Å². The Bertz CT molecular complexity index is 832. The van der Waals surface area contributed by atoms with Crippen molar-refractivity contribution >= 4 is 15.6 Å².